The molecule has 23 aromatic rings. The maximum Gasteiger partial charge on any atom is 0.187 e. The number of alkyl halides is 1. The number of anilines is 9. The van der Waals surface area contributed by atoms with E-state index in [9.17, 15) is 4.39 Å². The van der Waals surface area contributed by atoms with Crippen molar-refractivity contribution in [1.82, 2.24) is 0 Å². The number of rotatable bonds is 19. The summed E-state index contributed by atoms with van der Waals surface area (Å²) in [4.78, 5) is 7.08. The molecule has 0 saturated carbocycles. The van der Waals surface area contributed by atoms with E-state index in [2.05, 4.69) is 514 Å². The zero-order chi connectivity index (χ0) is 100.0. The molecule has 708 valence electrons. The molecule has 0 saturated heterocycles. The number of nitrogens with zero attached hydrogens (tertiary/aromatic N) is 3. The molecule has 3 unspecified atom stereocenters. The molecule has 23 aromatic carbocycles. The van der Waals surface area contributed by atoms with Crippen LogP contribution in [0.2, 0.25) is 0 Å². The maximum absolute atomic E-state index is 17.7. The third kappa shape index (κ3) is 16.1. The van der Waals surface area contributed by atoms with Crippen molar-refractivity contribution in [1.29, 1.82) is 0 Å². The summed E-state index contributed by atoms with van der Waals surface area (Å²) < 4.78 is 32.6. The Morgan fingerprint density at radius 3 is 0.852 bits per heavy atom. The van der Waals surface area contributed by atoms with E-state index in [1.807, 2.05) is 91.0 Å². The summed E-state index contributed by atoms with van der Waals surface area (Å²) in [5, 5.41) is 0. The highest BCUT2D eigenvalue weighted by Gasteiger charge is 2.50. The van der Waals surface area contributed by atoms with Crippen LogP contribution in [-0.4, -0.2) is 0 Å². The highest BCUT2D eigenvalue weighted by atomic mass is 19.1. The van der Waals surface area contributed by atoms with E-state index in [4.69, 9.17) is 0 Å². The van der Waals surface area contributed by atoms with Crippen LogP contribution in [0.1, 0.15) is 86.2 Å². The van der Waals surface area contributed by atoms with Crippen molar-refractivity contribution in [2.24, 2.45) is 0 Å². The Bertz CT molecular complexity index is 8690. The third-order valence-electron chi connectivity index (χ3n) is 31.1. The summed E-state index contributed by atoms with van der Waals surface area (Å²) in [6, 6.07) is 208. The Morgan fingerprint density at radius 1 is 0.161 bits per heavy atom. The van der Waals surface area contributed by atoms with Crippen molar-refractivity contribution in [2.45, 2.75) is 35.8 Å². The lowest BCUT2D eigenvalue weighted by Crippen LogP contribution is -2.28. The minimum absolute atomic E-state index is 0.217. The molecule has 4 aliphatic carbocycles. The van der Waals surface area contributed by atoms with Gasteiger partial charge in [0.15, 0.2) is 5.67 Å². The molecule has 27 rings (SSSR count). The molecule has 0 N–H and O–H groups in total. The summed E-state index contributed by atoms with van der Waals surface area (Å²) in [7, 11) is 0. The Balaban J connectivity index is 0.000000117. The van der Waals surface area contributed by atoms with Crippen LogP contribution in [-0.2, 0) is 21.9 Å². The van der Waals surface area contributed by atoms with Gasteiger partial charge in [-0.15, -0.1) is 0 Å². The van der Waals surface area contributed by atoms with Crippen LogP contribution < -0.4 is 14.7 Å². The largest absolute Gasteiger partial charge is 0.310 e. The summed E-state index contributed by atoms with van der Waals surface area (Å²) in [5.74, 6) is -0.217. The van der Waals surface area contributed by atoms with E-state index in [0.717, 1.165) is 107 Å². The minimum Gasteiger partial charge on any atom is -0.310 e. The monoisotopic (exact) mass is 1910 g/mol. The Labute approximate surface area is 870 Å². The number of hydrogen-bond acceptors (Lipinski definition) is 3. The summed E-state index contributed by atoms with van der Waals surface area (Å²) in [5.41, 5.74) is 41.6. The molecule has 0 radical (unpaired) electrons. The van der Waals surface area contributed by atoms with Gasteiger partial charge in [-0.25, -0.2) is 8.78 Å². The average Bonchev–Trinajstić information content (AvgIpc) is 1.53. The zero-order valence-electron chi connectivity index (χ0n) is 82.6. The molecule has 3 atom stereocenters. The zero-order valence-corrected chi connectivity index (χ0v) is 82.6. The molecule has 0 aromatic heterocycles. The fourth-order valence-corrected chi connectivity index (χ4v) is 24.0. The van der Waals surface area contributed by atoms with Gasteiger partial charge in [-0.3, -0.25) is 0 Å². The average molecular weight is 1910 g/mol. The van der Waals surface area contributed by atoms with Gasteiger partial charge in [-0.2, -0.15) is 0 Å². The lowest BCUT2D eigenvalue weighted by molar-refractivity contribution is 0.288. The van der Waals surface area contributed by atoms with Gasteiger partial charge >= 0.3 is 0 Å². The van der Waals surface area contributed by atoms with Gasteiger partial charge < -0.3 is 14.7 Å². The van der Waals surface area contributed by atoms with Gasteiger partial charge in [0, 0.05) is 72.9 Å². The smallest absolute Gasteiger partial charge is 0.187 e. The molecule has 5 heteroatoms. The fraction of sp³-hybridized carbons (Fsp3) is 0.0417. The van der Waals surface area contributed by atoms with Crippen molar-refractivity contribution in [3.05, 3.63) is 667 Å². The number of halogens is 2. The van der Waals surface area contributed by atoms with Crippen LogP contribution in [0.15, 0.2) is 588 Å². The number of para-hydroxylation sites is 1. The normalized spacial score (nSPS) is 15.1. The summed E-state index contributed by atoms with van der Waals surface area (Å²) in [6.45, 7) is 4.63. The predicted molar refractivity (Wildman–Crippen MR) is 616 cm³/mol. The maximum atomic E-state index is 17.7. The molecule has 4 aliphatic rings. The lowest BCUT2D eigenvalue weighted by Gasteiger charge is -2.34. The molecular weight excluding hydrogens is 1810 g/mol. The van der Waals surface area contributed by atoms with Crippen molar-refractivity contribution in [3.8, 4) is 100 Å². The minimum atomic E-state index is -1.76. The second kappa shape index (κ2) is 38.8. The second-order valence-electron chi connectivity index (χ2n) is 39.2. The molecule has 0 aliphatic heterocycles. The molecule has 0 spiro atoms. The first-order chi connectivity index (χ1) is 73.5. The van der Waals surface area contributed by atoms with E-state index >= 15 is 4.39 Å². The molecule has 0 bridgehead atoms. The Hall–Kier alpha value is -18.7. The number of benzene rings is 23. The van der Waals surface area contributed by atoms with Crippen molar-refractivity contribution in [3.63, 3.8) is 0 Å². The van der Waals surface area contributed by atoms with Gasteiger partial charge in [0.1, 0.15) is 5.82 Å². The molecule has 3 nitrogen and oxygen atoms in total. The first-order valence-electron chi connectivity index (χ1n) is 51.3. The van der Waals surface area contributed by atoms with Crippen LogP contribution in [0.3, 0.4) is 0 Å². The van der Waals surface area contributed by atoms with Crippen molar-refractivity contribution >= 4 is 51.2 Å². The quantitative estimate of drug-likeness (QED) is 0.0799. The van der Waals surface area contributed by atoms with Crippen LogP contribution in [0.5, 0.6) is 0 Å². The van der Waals surface area contributed by atoms with Crippen molar-refractivity contribution in [2.75, 3.05) is 14.7 Å². The highest BCUT2D eigenvalue weighted by molar-refractivity contribution is 6.00. The van der Waals surface area contributed by atoms with Crippen LogP contribution in [0.25, 0.3) is 100 Å². The standard InChI is InChI=1S/C57H41N.C44H32FN.C43H30FN/c1-56(42-21-8-3-9-22-42)50-29-16-14-27-47(50)48-38-37-46(39-53(48)56)58(45-35-33-41(34-36-45)40-19-6-2-7-20-40)54-32-18-31-52-55(54)49-28-15-17-30-51(49)57(52,43-23-10-4-11-24-43)44-25-12-5-13-26-44;1-44(34-17-9-4-10-18-34)41-29-35(45)23-27-39(41)40-28-26-37(30-42(40)44)46(36-24-21-32(22-25-36)31-13-5-2-6-14-31)43-20-12-11-19-38(43)33-15-7-3-8-16-33;44-43(35-16-8-3-9-17-35)41-19-11-10-18-39(41)40-29-28-38(30-42(40)43)45(36-24-20-33(21-25-36)31-12-4-1-5-13-31)37-26-22-34(23-27-37)32-14-6-2-7-15-32/h2-39H,1H3;2-30H,1H3;1-30H. The molecule has 0 amide bonds. The van der Waals surface area contributed by atoms with E-state index in [1.165, 1.54) is 100 Å². The molecule has 0 heterocycles. The van der Waals surface area contributed by atoms with Crippen LogP contribution in [0.4, 0.5) is 60.0 Å². The third-order valence-corrected chi connectivity index (χ3v) is 31.1. The fourth-order valence-electron chi connectivity index (χ4n) is 24.0. The Kier molecular flexibility index (Phi) is 23.8. The second-order valence-corrected chi connectivity index (χ2v) is 39.2. The van der Waals surface area contributed by atoms with E-state index in [0.29, 0.717) is 16.7 Å². The predicted octanol–water partition coefficient (Wildman–Crippen LogP) is 38.2. The van der Waals surface area contributed by atoms with E-state index in [1.54, 1.807) is 12.1 Å². The van der Waals surface area contributed by atoms with Crippen LogP contribution in [0, 0.1) is 5.82 Å². The molecule has 149 heavy (non-hydrogen) atoms. The molecular formula is C144H103F2N3. The van der Waals surface area contributed by atoms with Gasteiger partial charge in [0.05, 0.1) is 16.8 Å². The number of fused-ring (bicyclic) bond motifs is 12. The van der Waals surface area contributed by atoms with E-state index in [-0.39, 0.29) is 11.2 Å². The van der Waals surface area contributed by atoms with E-state index < -0.39 is 16.5 Å². The lowest BCUT2D eigenvalue weighted by atomic mass is 9.68. The van der Waals surface area contributed by atoms with Crippen molar-refractivity contribution < 1.29 is 8.78 Å². The van der Waals surface area contributed by atoms with Crippen LogP contribution >= 0.6 is 0 Å². The summed E-state index contributed by atoms with van der Waals surface area (Å²) in [6.07, 6.45) is 0. The van der Waals surface area contributed by atoms with Gasteiger partial charge in [0.2, 0.25) is 0 Å². The first kappa shape index (κ1) is 91.5. The number of hydrogen-bond donors (Lipinski definition) is 0. The van der Waals surface area contributed by atoms with Gasteiger partial charge in [-0.05, 0) is 273 Å². The SMILES string of the molecule is CC1(c2ccccc2)c2cc(F)ccc2-c2ccc(N(c3ccc(-c4ccccc4)cc3)c3ccccc3-c3ccccc3)cc21.CC1(c2ccccc2)c2ccccc2-c2ccc(N(c3ccc(-c4ccccc4)cc3)c3cccc4c3-c3ccccc3C4(c3ccccc3)c3ccccc3)cc21.FC1(c2ccccc2)c2ccccc2-c2ccc(N(c3ccc(-c4ccccc4)cc3)c3ccc(-c4ccccc4)cc3)cc21. The van der Waals surface area contributed by atoms with Gasteiger partial charge in [0.25, 0.3) is 0 Å². The topological polar surface area (TPSA) is 9.72 Å². The highest BCUT2D eigenvalue weighted by Crippen LogP contribution is 2.63. The summed E-state index contributed by atoms with van der Waals surface area (Å²) >= 11 is 0. The first-order valence-corrected chi connectivity index (χ1v) is 51.3. The Morgan fingerprint density at radius 2 is 0.423 bits per heavy atom. The molecule has 0 fully saturated rings. The van der Waals surface area contributed by atoms with Gasteiger partial charge in [-0.1, -0.05) is 479 Å².